The first kappa shape index (κ1) is 18.5. The van der Waals surface area contributed by atoms with Crippen molar-refractivity contribution in [3.05, 3.63) is 42.0 Å². The van der Waals surface area contributed by atoms with Gasteiger partial charge in [0.05, 0.1) is 0 Å². The van der Waals surface area contributed by atoms with E-state index < -0.39 is 0 Å². The number of benzene rings is 2. The Hall–Kier alpha value is -1.55. The SMILES string of the molecule is Cl.Nc1cc(N)cc(CNc2cc([AsH2])ccc2OCCO)c1. The van der Waals surface area contributed by atoms with Crippen LogP contribution in [0.1, 0.15) is 5.56 Å². The Bertz CT molecular complexity index is 605. The number of nitrogen functional groups attached to an aromatic ring is 2. The molecule has 0 heterocycles. The van der Waals surface area contributed by atoms with Gasteiger partial charge in [-0.05, 0) is 0 Å². The number of nitrogens with one attached hydrogen (secondary N) is 1. The normalized spacial score (nSPS) is 9.91. The number of rotatable bonds is 6. The van der Waals surface area contributed by atoms with Gasteiger partial charge in [-0.25, -0.2) is 0 Å². The fourth-order valence-corrected chi connectivity index (χ4v) is 2.56. The molecule has 0 aliphatic heterocycles. The summed E-state index contributed by atoms with van der Waals surface area (Å²) in [5.41, 5.74) is 14.8. The van der Waals surface area contributed by atoms with Gasteiger partial charge in [0.25, 0.3) is 0 Å². The van der Waals surface area contributed by atoms with Crippen LogP contribution in [0.2, 0.25) is 0 Å². The number of anilines is 3. The molecule has 0 aromatic heterocycles. The first-order chi connectivity index (χ1) is 10.1. The summed E-state index contributed by atoms with van der Waals surface area (Å²) < 4.78 is 6.71. The molecule has 0 saturated heterocycles. The third-order valence-electron chi connectivity index (χ3n) is 2.87. The van der Waals surface area contributed by atoms with Gasteiger partial charge in [0, 0.05) is 0 Å². The second-order valence-corrected chi connectivity index (χ2v) is 6.09. The molecule has 5 nitrogen and oxygen atoms in total. The van der Waals surface area contributed by atoms with Crippen LogP contribution in [0.25, 0.3) is 0 Å². The molecular weight excluding hydrogens is 365 g/mol. The maximum absolute atomic E-state index is 8.87. The quantitative estimate of drug-likeness (QED) is 0.429. The van der Waals surface area contributed by atoms with Gasteiger partial charge in [-0.1, -0.05) is 0 Å². The maximum atomic E-state index is 8.87. The summed E-state index contributed by atoms with van der Waals surface area (Å²) in [5.74, 6) is 0.724. The van der Waals surface area contributed by atoms with Gasteiger partial charge >= 0.3 is 132 Å². The third-order valence-corrected chi connectivity index (χ3v) is 3.63. The van der Waals surface area contributed by atoms with E-state index in [9.17, 15) is 0 Å². The van der Waals surface area contributed by atoms with E-state index >= 15 is 0 Å². The van der Waals surface area contributed by atoms with Crippen molar-refractivity contribution < 1.29 is 9.84 Å². The van der Waals surface area contributed by atoms with Crippen molar-refractivity contribution in [2.45, 2.75) is 6.54 Å². The van der Waals surface area contributed by atoms with Crippen LogP contribution in [0.5, 0.6) is 5.75 Å². The summed E-state index contributed by atoms with van der Waals surface area (Å²) in [6.45, 7) is 0.859. The second kappa shape index (κ2) is 8.79. The van der Waals surface area contributed by atoms with E-state index in [1.54, 1.807) is 22.9 Å². The molecule has 0 saturated carbocycles. The summed E-state index contributed by atoms with van der Waals surface area (Å²) >= 11 is 1.54. The second-order valence-electron chi connectivity index (χ2n) is 4.69. The molecule has 22 heavy (non-hydrogen) atoms. The number of nitrogens with two attached hydrogens (primary N) is 2. The predicted octanol–water partition coefficient (Wildman–Crippen LogP) is 0.514. The van der Waals surface area contributed by atoms with E-state index in [1.165, 1.54) is 4.35 Å². The molecular formula is C15H21AsClN3O2. The Balaban J connectivity index is 0.00000242. The zero-order valence-electron chi connectivity index (χ0n) is 12.1. The number of halogens is 1. The van der Waals surface area contributed by atoms with E-state index in [2.05, 4.69) is 5.32 Å². The third kappa shape index (κ3) is 5.33. The minimum atomic E-state index is -0.0109. The molecule has 7 heteroatoms. The Kier molecular flexibility index (Phi) is 7.39. The predicted molar refractivity (Wildman–Crippen MR) is 97.0 cm³/mol. The van der Waals surface area contributed by atoms with Crippen molar-refractivity contribution in [2.75, 3.05) is 30.0 Å². The van der Waals surface area contributed by atoms with E-state index in [0.717, 1.165) is 17.0 Å². The van der Waals surface area contributed by atoms with Gasteiger partial charge in [-0.3, -0.25) is 0 Å². The molecule has 0 amide bonds. The van der Waals surface area contributed by atoms with Crippen LogP contribution in [0.4, 0.5) is 17.1 Å². The van der Waals surface area contributed by atoms with Crippen LogP contribution in [0.3, 0.4) is 0 Å². The number of aliphatic hydroxyl groups excluding tert-OH is 1. The van der Waals surface area contributed by atoms with Crippen molar-refractivity contribution >= 4 is 50.7 Å². The van der Waals surface area contributed by atoms with Gasteiger partial charge in [0.2, 0.25) is 0 Å². The zero-order chi connectivity index (χ0) is 15.2. The van der Waals surface area contributed by atoms with E-state index in [0.29, 0.717) is 17.9 Å². The standard InChI is InChI=1S/C15H20AsN3O2.ClH/c16-11-1-2-15(21-4-3-20)14(7-11)19-9-10-5-12(17)8-13(18)6-10;/h1-2,5-8,19-20H,3-4,9,16-18H2;1H. The Labute approximate surface area is 144 Å². The van der Waals surface area contributed by atoms with Crippen molar-refractivity contribution in [2.24, 2.45) is 0 Å². The Morgan fingerprint density at radius 3 is 2.41 bits per heavy atom. The molecule has 1 unspecified atom stereocenters. The van der Waals surface area contributed by atoms with Gasteiger partial charge in [-0.2, -0.15) is 0 Å². The molecule has 2 rings (SSSR count). The van der Waals surface area contributed by atoms with Crippen LogP contribution in [-0.2, 0) is 6.54 Å². The van der Waals surface area contributed by atoms with Crippen molar-refractivity contribution in [1.29, 1.82) is 0 Å². The average Bonchev–Trinajstić information content (AvgIpc) is 2.43. The topological polar surface area (TPSA) is 93.5 Å². The molecule has 0 fully saturated rings. The van der Waals surface area contributed by atoms with Gasteiger partial charge in [0.15, 0.2) is 0 Å². The Morgan fingerprint density at radius 2 is 1.77 bits per heavy atom. The first-order valence-electron chi connectivity index (χ1n) is 6.60. The molecule has 1 atom stereocenters. The summed E-state index contributed by atoms with van der Waals surface area (Å²) in [6, 6.07) is 11.4. The molecule has 2 aromatic carbocycles. The van der Waals surface area contributed by atoms with Crippen molar-refractivity contribution in [3.63, 3.8) is 0 Å². The van der Waals surface area contributed by atoms with Crippen LogP contribution in [0, 0.1) is 0 Å². The monoisotopic (exact) mass is 385 g/mol. The Morgan fingerprint density at radius 1 is 1.09 bits per heavy atom. The first-order valence-corrected chi connectivity index (χ1v) is 7.81. The zero-order valence-corrected chi connectivity index (χ0v) is 15.3. The van der Waals surface area contributed by atoms with Crippen molar-refractivity contribution in [1.82, 2.24) is 0 Å². The van der Waals surface area contributed by atoms with Gasteiger partial charge in [0.1, 0.15) is 0 Å². The fraction of sp³-hybridized carbons (Fsp3) is 0.200. The number of aliphatic hydroxyl groups is 1. The minimum absolute atomic E-state index is 0. The molecule has 0 spiro atoms. The van der Waals surface area contributed by atoms with E-state index in [1.807, 2.05) is 30.3 Å². The molecule has 6 N–H and O–H groups in total. The number of hydrogen-bond donors (Lipinski definition) is 4. The van der Waals surface area contributed by atoms with Crippen LogP contribution >= 0.6 is 12.4 Å². The molecule has 120 valence electrons. The summed E-state index contributed by atoms with van der Waals surface area (Å²) in [4.78, 5) is 0. The van der Waals surface area contributed by atoms with Crippen molar-refractivity contribution in [3.8, 4) is 5.75 Å². The van der Waals surface area contributed by atoms with Gasteiger partial charge < -0.3 is 0 Å². The number of hydrogen-bond acceptors (Lipinski definition) is 5. The van der Waals surface area contributed by atoms with Crippen LogP contribution in [0.15, 0.2) is 36.4 Å². The van der Waals surface area contributed by atoms with E-state index in [4.69, 9.17) is 21.3 Å². The van der Waals surface area contributed by atoms with Gasteiger partial charge in [-0.15, -0.1) is 12.4 Å². The summed E-state index contributed by atoms with van der Waals surface area (Å²) in [7, 11) is 0. The molecule has 0 aliphatic rings. The molecule has 0 radical (unpaired) electrons. The van der Waals surface area contributed by atoms with Crippen LogP contribution in [-0.4, -0.2) is 35.2 Å². The number of ether oxygens (including phenoxy) is 1. The average molecular weight is 386 g/mol. The molecule has 2 aromatic rings. The van der Waals surface area contributed by atoms with Crippen LogP contribution < -0.4 is 25.9 Å². The summed E-state index contributed by atoms with van der Waals surface area (Å²) in [5, 5.41) is 12.2. The molecule has 0 bridgehead atoms. The fourth-order valence-electron chi connectivity index (χ4n) is 2.01. The molecule has 0 aliphatic carbocycles. The summed E-state index contributed by atoms with van der Waals surface area (Å²) in [6.07, 6.45) is 0. The van der Waals surface area contributed by atoms with E-state index in [-0.39, 0.29) is 25.6 Å².